The number of anilines is 1. The van der Waals surface area contributed by atoms with E-state index in [4.69, 9.17) is 0 Å². The predicted octanol–water partition coefficient (Wildman–Crippen LogP) is 1.08. The van der Waals surface area contributed by atoms with Gasteiger partial charge in [0.2, 0.25) is 5.91 Å². The van der Waals surface area contributed by atoms with E-state index < -0.39 is 0 Å². The Bertz CT molecular complexity index is 677. The summed E-state index contributed by atoms with van der Waals surface area (Å²) in [6, 6.07) is 6.28. The molecule has 6 nitrogen and oxygen atoms in total. The SMILES string of the molecule is CN1CCN([C@@H]2C[C@@H]3CN(C(=O)CNc4ccc(F)cc4)C[C@@H]3C[C@H]2O)CC1. The Morgan fingerprint density at radius 2 is 1.75 bits per heavy atom. The van der Waals surface area contributed by atoms with Crippen LogP contribution in [0.4, 0.5) is 10.1 Å². The summed E-state index contributed by atoms with van der Waals surface area (Å²) in [4.78, 5) is 19.4. The van der Waals surface area contributed by atoms with E-state index in [-0.39, 0.29) is 30.4 Å². The van der Waals surface area contributed by atoms with Crippen molar-refractivity contribution in [3.8, 4) is 0 Å². The monoisotopic (exact) mass is 390 g/mol. The molecule has 0 aromatic heterocycles. The molecule has 4 rings (SSSR count). The standard InChI is InChI=1S/C21H31FN4O2/c1-24-6-8-25(9-7-24)19-10-15-13-26(14-16(15)11-20(19)27)21(28)12-23-18-4-2-17(22)3-5-18/h2-5,15-16,19-20,23,27H,6-14H2,1H3/t15-,16+,19-,20-/m1/s1. The smallest absolute Gasteiger partial charge is 0.241 e. The third-order valence-electron chi connectivity index (χ3n) is 6.76. The first-order valence-corrected chi connectivity index (χ1v) is 10.4. The van der Waals surface area contributed by atoms with Crippen LogP contribution in [0.5, 0.6) is 0 Å². The van der Waals surface area contributed by atoms with Crippen molar-refractivity contribution in [3.05, 3.63) is 30.1 Å². The Morgan fingerprint density at radius 1 is 1.11 bits per heavy atom. The molecule has 1 aromatic carbocycles. The number of likely N-dealkylation sites (N-methyl/N-ethyl adjacent to an activating group) is 1. The van der Waals surface area contributed by atoms with Crippen LogP contribution in [0.2, 0.25) is 0 Å². The molecule has 2 heterocycles. The second kappa shape index (κ2) is 8.35. The molecule has 0 spiro atoms. The second-order valence-corrected chi connectivity index (χ2v) is 8.62. The number of piperazine rings is 1. The molecule has 3 fully saturated rings. The zero-order valence-corrected chi connectivity index (χ0v) is 16.6. The molecule has 1 amide bonds. The quantitative estimate of drug-likeness (QED) is 0.806. The summed E-state index contributed by atoms with van der Waals surface area (Å²) in [5, 5.41) is 13.8. The van der Waals surface area contributed by atoms with Crippen LogP contribution < -0.4 is 5.32 Å². The van der Waals surface area contributed by atoms with Crippen molar-refractivity contribution >= 4 is 11.6 Å². The van der Waals surface area contributed by atoms with Crippen LogP contribution in [0.3, 0.4) is 0 Å². The van der Waals surface area contributed by atoms with E-state index in [1.807, 2.05) is 4.90 Å². The fourth-order valence-corrected chi connectivity index (χ4v) is 5.01. The fraction of sp³-hybridized carbons (Fsp3) is 0.667. The van der Waals surface area contributed by atoms with Crippen molar-refractivity contribution in [1.82, 2.24) is 14.7 Å². The Hall–Kier alpha value is -1.70. The van der Waals surface area contributed by atoms with Crippen LogP contribution >= 0.6 is 0 Å². The Kier molecular flexibility index (Phi) is 5.85. The summed E-state index contributed by atoms with van der Waals surface area (Å²) in [6.45, 7) is 5.87. The molecule has 1 aliphatic carbocycles. The van der Waals surface area contributed by atoms with Gasteiger partial charge in [-0.05, 0) is 56.0 Å². The van der Waals surface area contributed by atoms with Crippen molar-refractivity contribution in [1.29, 1.82) is 0 Å². The van der Waals surface area contributed by atoms with E-state index in [0.717, 1.165) is 57.8 Å². The number of nitrogens with zero attached hydrogens (tertiary/aromatic N) is 3. The number of carbonyl (C=O) groups excluding carboxylic acids is 1. The third-order valence-corrected chi connectivity index (χ3v) is 6.76. The fourth-order valence-electron chi connectivity index (χ4n) is 5.01. The van der Waals surface area contributed by atoms with E-state index in [1.54, 1.807) is 12.1 Å². The van der Waals surface area contributed by atoms with Gasteiger partial charge in [0.1, 0.15) is 5.82 Å². The topological polar surface area (TPSA) is 59.0 Å². The summed E-state index contributed by atoms with van der Waals surface area (Å²) in [5.74, 6) is 0.662. The average Bonchev–Trinajstić information content (AvgIpc) is 3.10. The molecule has 0 radical (unpaired) electrons. The lowest BCUT2D eigenvalue weighted by Crippen LogP contribution is -2.55. The first kappa shape index (κ1) is 19.6. The summed E-state index contributed by atoms with van der Waals surface area (Å²) in [5.41, 5.74) is 0.747. The number of rotatable bonds is 4. The zero-order chi connectivity index (χ0) is 19.7. The molecule has 0 bridgehead atoms. The molecule has 2 N–H and O–H groups in total. The van der Waals surface area contributed by atoms with Gasteiger partial charge in [-0.15, -0.1) is 0 Å². The van der Waals surface area contributed by atoms with E-state index in [0.29, 0.717) is 11.8 Å². The van der Waals surface area contributed by atoms with Gasteiger partial charge in [-0.3, -0.25) is 9.69 Å². The molecule has 1 aromatic rings. The number of aliphatic hydroxyl groups excluding tert-OH is 1. The van der Waals surface area contributed by atoms with Gasteiger partial charge in [-0.25, -0.2) is 4.39 Å². The van der Waals surface area contributed by atoms with Crippen molar-refractivity contribution in [2.45, 2.75) is 25.0 Å². The van der Waals surface area contributed by atoms with Crippen molar-refractivity contribution in [2.24, 2.45) is 11.8 Å². The van der Waals surface area contributed by atoms with Crippen LogP contribution in [0.15, 0.2) is 24.3 Å². The lowest BCUT2D eigenvalue weighted by atomic mass is 9.77. The number of halogens is 1. The highest BCUT2D eigenvalue weighted by Crippen LogP contribution is 2.38. The highest BCUT2D eigenvalue weighted by atomic mass is 19.1. The number of nitrogens with one attached hydrogen (secondary N) is 1. The summed E-state index contributed by atoms with van der Waals surface area (Å²) >= 11 is 0. The second-order valence-electron chi connectivity index (χ2n) is 8.62. The zero-order valence-electron chi connectivity index (χ0n) is 16.6. The summed E-state index contributed by atoms with van der Waals surface area (Å²) in [7, 11) is 2.14. The largest absolute Gasteiger partial charge is 0.391 e. The minimum atomic E-state index is -0.294. The molecule has 2 saturated heterocycles. The molecule has 7 heteroatoms. The number of carbonyl (C=O) groups is 1. The van der Waals surface area contributed by atoms with Crippen LogP contribution in [0, 0.1) is 17.7 Å². The minimum absolute atomic E-state index is 0.0735. The minimum Gasteiger partial charge on any atom is -0.391 e. The van der Waals surface area contributed by atoms with Gasteiger partial charge in [0.15, 0.2) is 0 Å². The number of benzene rings is 1. The van der Waals surface area contributed by atoms with Crippen molar-refractivity contribution < 1.29 is 14.3 Å². The van der Waals surface area contributed by atoms with Gasteiger partial charge in [0, 0.05) is 51.0 Å². The van der Waals surface area contributed by atoms with Gasteiger partial charge < -0.3 is 20.2 Å². The molecule has 154 valence electrons. The number of hydrogen-bond acceptors (Lipinski definition) is 5. The van der Waals surface area contributed by atoms with E-state index >= 15 is 0 Å². The van der Waals surface area contributed by atoms with Gasteiger partial charge in [0.05, 0.1) is 12.6 Å². The first-order chi connectivity index (χ1) is 13.5. The number of fused-ring (bicyclic) bond motifs is 1. The molecular formula is C21H31FN4O2. The van der Waals surface area contributed by atoms with Gasteiger partial charge >= 0.3 is 0 Å². The third kappa shape index (κ3) is 4.31. The normalized spacial score (nSPS) is 31.6. The molecule has 3 aliphatic rings. The maximum atomic E-state index is 13.0. The van der Waals surface area contributed by atoms with Crippen LogP contribution in [-0.2, 0) is 4.79 Å². The highest BCUT2D eigenvalue weighted by molar-refractivity contribution is 5.81. The van der Waals surface area contributed by atoms with E-state index in [1.165, 1.54) is 12.1 Å². The average molecular weight is 391 g/mol. The highest BCUT2D eigenvalue weighted by Gasteiger charge is 2.44. The molecular weight excluding hydrogens is 359 g/mol. The van der Waals surface area contributed by atoms with Crippen molar-refractivity contribution in [3.63, 3.8) is 0 Å². The van der Waals surface area contributed by atoms with Crippen molar-refractivity contribution in [2.75, 3.05) is 58.2 Å². The van der Waals surface area contributed by atoms with Crippen LogP contribution in [0.25, 0.3) is 0 Å². The first-order valence-electron chi connectivity index (χ1n) is 10.4. The van der Waals surface area contributed by atoms with Crippen LogP contribution in [-0.4, -0.2) is 90.7 Å². The lowest BCUT2D eigenvalue weighted by molar-refractivity contribution is -0.128. The van der Waals surface area contributed by atoms with Crippen LogP contribution in [0.1, 0.15) is 12.8 Å². The number of aliphatic hydroxyl groups is 1. The Morgan fingerprint density at radius 3 is 2.43 bits per heavy atom. The maximum Gasteiger partial charge on any atom is 0.241 e. The Labute approximate surface area is 166 Å². The number of amides is 1. The molecule has 0 unspecified atom stereocenters. The molecule has 4 atom stereocenters. The summed E-state index contributed by atoms with van der Waals surface area (Å²) in [6.07, 6.45) is 1.47. The molecule has 28 heavy (non-hydrogen) atoms. The lowest BCUT2D eigenvalue weighted by Gasteiger charge is -2.44. The van der Waals surface area contributed by atoms with E-state index in [9.17, 15) is 14.3 Å². The van der Waals surface area contributed by atoms with Gasteiger partial charge in [-0.1, -0.05) is 0 Å². The van der Waals surface area contributed by atoms with E-state index in [2.05, 4.69) is 22.2 Å². The molecule has 2 aliphatic heterocycles. The number of likely N-dealkylation sites (tertiary alicyclic amines) is 1. The predicted molar refractivity (Wildman–Crippen MR) is 107 cm³/mol. The summed E-state index contributed by atoms with van der Waals surface area (Å²) < 4.78 is 13.0. The maximum absolute atomic E-state index is 13.0. The Balaban J connectivity index is 1.30. The molecule has 1 saturated carbocycles. The number of hydrogen-bond donors (Lipinski definition) is 2. The van der Waals surface area contributed by atoms with Gasteiger partial charge in [-0.2, -0.15) is 0 Å². The van der Waals surface area contributed by atoms with Gasteiger partial charge in [0.25, 0.3) is 0 Å².